The van der Waals surface area contributed by atoms with Crippen LogP contribution in [-0.4, -0.2) is 9.55 Å². The topological polar surface area (TPSA) is 43.8 Å². The third kappa shape index (κ3) is 2.58. The molecule has 0 bridgehead atoms. The lowest BCUT2D eigenvalue weighted by Crippen LogP contribution is -2.06. The van der Waals surface area contributed by atoms with Crippen LogP contribution in [0, 0.1) is 0 Å². The van der Waals surface area contributed by atoms with Gasteiger partial charge in [-0.3, -0.25) is 0 Å². The van der Waals surface area contributed by atoms with Crippen LogP contribution in [0.3, 0.4) is 0 Å². The van der Waals surface area contributed by atoms with Crippen molar-refractivity contribution in [1.82, 2.24) is 9.55 Å². The summed E-state index contributed by atoms with van der Waals surface area (Å²) in [5.41, 5.74) is 7.62. The van der Waals surface area contributed by atoms with Crippen molar-refractivity contribution in [3.63, 3.8) is 0 Å². The van der Waals surface area contributed by atoms with Crippen molar-refractivity contribution in [3.05, 3.63) is 34.1 Å². The number of halogens is 2. The summed E-state index contributed by atoms with van der Waals surface area (Å²) in [7, 11) is 0. The standard InChI is InChI=1S/C14H17Cl2N3/c1-3-8-19-11(4-2)18-13(14(19)17)12-9(15)6-5-7-10(12)16/h5-7H,3-4,8,17H2,1-2H3. The molecule has 1 aromatic carbocycles. The highest BCUT2D eigenvalue weighted by molar-refractivity contribution is 6.39. The zero-order valence-electron chi connectivity index (χ0n) is 11.1. The van der Waals surface area contributed by atoms with Crippen LogP contribution in [0.1, 0.15) is 26.1 Å². The first kappa shape index (κ1) is 14.2. The molecule has 1 aromatic heterocycles. The molecule has 0 saturated carbocycles. The van der Waals surface area contributed by atoms with Crippen LogP contribution in [0.5, 0.6) is 0 Å². The van der Waals surface area contributed by atoms with Crippen LogP contribution in [0.15, 0.2) is 18.2 Å². The molecule has 102 valence electrons. The number of imidazole rings is 1. The summed E-state index contributed by atoms with van der Waals surface area (Å²) in [4.78, 5) is 4.61. The highest BCUT2D eigenvalue weighted by atomic mass is 35.5. The highest BCUT2D eigenvalue weighted by Gasteiger charge is 2.19. The molecule has 3 nitrogen and oxygen atoms in total. The van der Waals surface area contributed by atoms with Crippen LogP contribution in [0.4, 0.5) is 5.82 Å². The first-order valence-electron chi connectivity index (χ1n) is 6.39. The molecule has 2 N–H and O–H groups in total. The second-order valence-electron chi connectivity index (χ2n) is 4.36. The zero-order chi connectivity index (χ0) is 14.0. The van der Waals surface area contributed by atoms with E-state index < -0.39 is 0 Å². The minimum Gasteiger partial charge on any atom is -0.383 e. The fourth-order valence-electron chi connectivity index (χ4n) is 2.16. The first-order chi connectivity index (χ1) is 9.10. The molecule has 2 aromatic rings. The Hall–Kier alpha value is -1.19. The van der Waals surface area contributed by atoms with E-state index in [2.05, 4.69) is 18.8 Å². The smallest absolute Gasteiger partial charge is 0.131 e. The summed E-state index contributed by atoms with van der Waals surface area (Å²) in [6, 6.07) is 5.41. The van der Waals surface area contributed by atoms with Crippen molar-refractivity contribution in [2.45, 2.75) is 33.2 Å². The van der Waals surface area contributed by atoms with Crippen molar-refractivity contribution >= 4 is 29.0 Å². The summed E-state index contributed by atoms with van der Waals surface area (Å²) < 4.78 is 2.04. The fourth-order valence-corrected chi connectivity index (χ4v) is 2.74. The molecule has 0 aliphatic carbocycles. The Balaban J connectivity index is 2.63. The van der Waals surface area contributed by atoms with E-state index in [1.807, 2.05) is 10.6 Å². The summed E-state index contributed by atoms with van der Waals surface area (Å²) in [5.74, 6) is 1.60. The number of anilines is 1. The average Bonchev–Trinajstić information content (AvgIpc) is 2.68. The van der Waals surface area contributed by atoms with Gasteiger partial charge in [0.2, 0.25) is 0 Å². The van der Waals surface area contributed by atoms with Crippen LogP contribution in [-0.2, 0) is 13.0 Å². The Morgan fingerprint density at radius 2 is 1.84 bits per heavy atom. The third-order valence-electron chi connectivity index (χ3n) is 3.05. The molecule has 0 aliphatic heterocycles. The number of nitrogen functional groups attached to an aromatic ring is 1. The van der Waals surface area contributed by atoms with Crippen molar-refractivity contribution < 1.29 is 0 Å². The van der Waals surface area contributed by atoms with Crippen molar-refractivity contribution in [1.29, 1.82) is 0 Å². The maximum Gasteiger partial charge on any atom is 0.131 e. The van der Waals surface area contributed by atoms with Gasteiger partial charge in [0.05, 0.1) is 10.0 Å². The van der Waals surface area contributed by atoms with Gasteiger partial charge < -0.3 is 10.3 Å². The first-order valence-corrected chi connectivity index (χ1v) is 7.15. The molecule has 0 aliphatic rings. The minimum absolute atomic E-state index is 0.572. The summed E-state index contributed by atoms with van der Waals surface area (Å²) in [6.07, 6.45) is 1.83. The molecule has 19 heavy (non-hydrogen) atoms. The van der Waals surface area contributed by atoms with Gasteiger partial charge in [-0.1, -0.05) is 43.1 Å². The van der Waals surface area contributed by atoms with Gasteiger partial charge in [0.25, 0.3) is 0 Å². The zero-order valence-corrected chi connectivity index (χ0v) is 12.6. The predicted molar refractivity (Wildman–Crippen MR) is 81.8 cm³/mol. The van der Waals surface area contributed by atoms with E-state index in [1.165, 1.54) is 0 Å². The number of nitrogens with two attached hydrogens (primary N) is 1. The van der Waals surface area contributed by atoms with E-state index in [-0.39, 0.29) is 0 Å². The molecule has 0 saturated heterocycles. The minimum atomic E-state index is 0.572. The van der Waals surface area contributed by atoms with Crippen LogP contribution < -0.4 is 5.73 Å². The molecule has 0 radical (unpaired) electrons. The third-order valence-corrected chi connectivity index (χ3v) is 3.68. The fraction of sp³-hybridized carbons (Fsp3) is 0.357. The molecule has 0 fully saturated rings. The van der Waals surface area contributed by atoms with E-state index in [0.29, 0.717) is 27.1 Å². The van der Waals surface area contributed by atoms with Crippen LogP contribution in [0.2, 0.25) is 10.0 Å². The van der Waals surface area contributed by atoms with Gasteiger partial charge in [-0.15, -0.1) is 0 Å². The second-order valence-corrected chi connectivity index (χ2v) is 5.18. The Labute approximate surface area is 123 Å². The molecule has 5 heteroatoms. The Kier molecular flexibility index (Phi) is 4.38. The van der Waals surface area contributed by atoms with Gasteiger partial charge in [0.1, 0.15) is 17.3 Å². The summed E-state index contributed by atoms with van der Waals surface area (Å²) >= 11 is 12.5. The highest BCUT2D eigenvalue weighted by Crippen LogP contribution is 2.37. The van der Waals surface area contributed by atoms with Crippen LogP contribution in [0.25, 0.3) is 11.3 Å². The molecular formula is C14H17Cl2N3. The number of hydrogen-bond acceptors (Lipinski definition) is 2. The largest absolute Gasteiger partial charge is 0.383 e. The van der Waals surface area contributed by atoms with Gasteiger partial charge in [-0.2, -0.15) is 0 Å². The lowest BCUT2D eigenvalue weighted by molar-refractivity contribution is 0.650. The van der Waals surface area contributed by atoms with E-state index in [0.717, 1.165) is 25.2 Å². The van der Waals surface area contributed by atoms with E-state index in [1.54, 1.807) is 12.1 Å². The molecule has 2 rings (SSSR count). The summed E-state index contributed by atoms with van der Waals surface area (Å²) in [5, 5.41) is 1.14. The van der Waals surface area contributed by atoms with E-state index in [9.17, 15) is 0 Å². The lowest BCUT2D eigenvalue weighted by atomic mass is 10.1. The Morgan fingerprint density at radius 3 is 2.37 bits per heavy atom. The molecule has 0 unspecified atom stereocenters. The number of aromatic nitrogens is 2. The molecule has 0 amide bonds. The number of nitrogens with zero attached hydrogens (tertiary/aromatic N) is 2. The van der Waals surface area contributed by atoms with Crippen molar-refractivity contribution in [2.75, 3.05) is 5.73 Å². The maximum absolute atomic E-state index is 6.23. The Morgan fingerprint density at radius 1 is 1.21 bits per heavy atom. The van der Waals surface area contributed by atoms with Crippen LogP contribution >= 0.6 is 23.2 Å². The van der Waals surface area contributed by atoms with Gasteiger partial charge in [-0.25, -0.2) is 4.98 Å². The number of rotatable bonds is 4. The van der Waals surface area contributed by atoms with Gasteiger partial charge >= 0.3 is 0 Å². The van der Waals surface area contributed by atoms with Gasteiger partial charge in [-0.05, 0) is 18.6 Å². The van der Waals surface area contributed by atoms with Crippen molar-refractivity contribution in [2.24, 2.45) is 0 Å². The van der Waals surface area contributed by atoms with E-state index in [4.69, 9.17) is 28.9 Å². The molecule has 0 spiro atoms. The number of hydrogen-bond donors (Lipinski definition) is 1. The van der Waals surface area contributed by atoms with Gasteiger partial charge in [0.15, 0.2) is 0 Å². The SMILES string of the molecule is CCCn1c(CC)nc(-c2c(Cl)cccc2Cl)c1N. The predicted octanol–water partition coefficient (Wildman–Crippen LogP) is 4.41. The normalized spacial score (nSPS) is 10.9. The van der Waals surface area contributed by atoms with Gasteiger partial charge in [0, 0.05) is 18.5 Å². The molecular weight excluding hydrogens is 281 g/mol. The van der Waals surface area contributed by atoms with E-state index >= 15 is 0 Å². The summed E-state index contributed by atoms with van der Waals surface area (Å²) in [6.45, 7) is 5.02. The lowest BCUT2D eigenvalue weighted by Gasteiger charge is -2.08. The Bertz CT molecular complexity index is 570. The molecule has 1 heterocycles. The number of benzene rings is 1. The molecule has 0 atom stereocenters. The average molecular weight is 298 g/mol. The monoisotopic (exact) mass is 297 g/mol. The maximum atomic E-state index is 6.23. The van der Waals surface area contributed by atoms with Crippen molar-refractivity contribution in [3.8, 4) is 11.3 Å². The quantitative estimate of drug-likeness (QED) is 0.908. The second kappa shape index (κ2) is 5.85. The number of aryl methyl sites for hydroxylation is 1.